The molecular formula is C17H15F2N5OS. The van der Waals surface area contributed by atoms with Crippen LogP contribution in [0.5, 0.6) is 0 Å². The second-order valence-electron chi connectivity index (χ2n) is 5.44. The van der Waals surface area contributed by atoms with Crippen molar-refractivity contribution in [2.45, 2.75) is 17.3 Å². The van der Waals surface area contributed by atoms with Gasteiger partial charge in [0.2, 0.25) is 11.1 Å². The van der Waals surface area contributed by atoms with Gasteiger partial charge in [-0.2, -0.15) is 0 Å². The number of halogens is 2. The van der Waals surface area contributed by atoms with E-state index in [1.807, 2.05) is 0 Å². The molecule has 1 amide bonds. The van der Waals surface area contributed by atoms with Gasteiger partial charge in [-0.1, -0.05) is 23.9 Å². The number of hydrogen-bond donors (Lipinski definition) is 2. The summed E-state index contributed by atoms with van der Waals surface area (Å²) in [6, 6.07) is 11.3. The van der Waals surface area contributed by atoms with Gasteiger partial charge >= 0.3 is 0 Å². The van der Waals surface area contributed by atoms with E-state index in [2.05, 4.69) is 15.5 Å². The van der Waals surface area contributed by atoms with E-state index in [-0.39, 0.29) is 17.5 Å². The van der Waals surface area contributed by atoms with Crippen molar-refractivity contribution >= 4 is 23.4 Å². The Balaban J connectivity index is 1.70. The number of aromatic nitrogens is 3. The van der Waals surface area contributed by atoms with Gasteiger partial charge in [-0.15, -0.1) is 10.2 Å². The quantitative estimate of drug-likeness (QED) is 0.529. The molecule has 1 heterocycles. The van der Waals surface area contributed by atoms with Crippen LogP contribution in [0.25, 0.3) is 11.4 Å². The number of hydrogen-bond acceptors (Lipinski definition) is 5. The summed E-state index contributed by atoms with van der Waals surface area (Å²) in [7, 11) is 0. The summed E-state index contributed by atoms with van der Waals surface area (Å²) in [5.74, 6) is 5.18. The third-order valence-corrected chi connectivity index (χ3v) is 4.57. The molecule has 3 aromatic rings. The number of carbonyl (C=O) groups excluding carboxylic acids is 1. The topological polar surface area (TPSA) is 85.8 Å². The molecular weight excluding hydrogens is 360 g/mol. The van der Waals surface area contributed by atoms with Crippen molar-refractivity contribution in [2.24, 2.45) is 0 Å². The van der Waals surface area contributed by atoms with E-state index in [4.69, 9.17) is 5.84 Å². The van der Waals surface area contributed by atoms with Gasteiger partial charge in [0.15, 0.2) is 5.82 Å². The van der Waals surface area contributed by atoms with Gasteiger partial charge in [0, 0.05) is 11.3 Å². The lowest BCUT2D eigenvalue weighted by Gasteiger charge is -2.11. The Morgan fingerprint density at radius 2 is 1.88 bits per heavy atom. The molecule has 0 fully saturated rings. The highest BCUT2D eigenvalue weighted by Crippen LogP contribution is 2.25. The summed E-state index contributed by atoms with van der Waals surface area (Å²) in [5, 5.41) is 10.4. The minimum absolute atomic E-state index is 0.290. The normalized spacial score (nSPS) is 12.0. The highest BCUT2D eigenvalue weighted by atomic mass is 32.2. The number of nitrogens with one attached hydrogen (secondary N) is 1. The van der Waals surface area contributed by atoms with Crippen LogP contribution in [0.4, 0.5) is 14.5 Å². The number of nitrogens with zero attached hydrogens (tertiary/aromatic N) is 3. The molecule has 9 heteroatoms. The number of carbonyl (C=O) groups is 1. The first kappa shape index (κ1) is 17.9. The third-order valence-electron chi connectivity index (χ3n) is 3.51. The lowest BCUT2D eigenvalue weighted by molar-refractivity contribution is -0.115. The zero-order valence-electron chi connectivity index (χ0n) is 13.7. The molecule has 2 aromatic carbocycles. The van der Waals surface area contributed by atoms with Crippen LogP contribution >= 0.6 is 11.8 Å². The van der Waals surface area contributed by atoms with Gasteiger partial charge in [0.05, 0.1) is 5.25 Å². The Morgan fingerprint density at radius 3 is 2.58 bits per heavy atom. The molecule has 0 aliphatic heterocycles. The van der Waals surface area contributed by atoms with Crippen molar-refractivity contribution in [3.63, 3.8) is 0 Å². The van der Waals surface area contributed by atoms with Crippen molar-refractivity contribution < 1.29 is 13.6 Å². The van der Waals surface area contributed by atoms with Crippen LogP contribution in [-0.4, -0.2) is 26.0 Å². The van der Waals surface area contributed by atoms with Crippen LogP contribution in [0.2, 0.25) is 0 Å². The van der Waals surface area contributed by atoms with Gasteiger partial charge in [0.25, 0.3) is 0 Å². The van der Waals surface area contributed by atoms with Gasteiger partial charge in [-0.25, -0.2) is 13.5 Å². The van der Waals surface area contributed by atoms with E-state index in [1.165, 1.54) is 41.1 Å². The maximum absolute atomic E-state index is 13.4. The Labute approximate surface area is 152 Å². The molecule has 0 unspecified atom stereocenters. The average molecular weight is 375 g/mol. The Kier molecular flexibility index (Phi) is 5.17. The summed E-state index contributed by atoms with van der Waals surface area (Å²) >= 11 is 1.10. The molecule has 6 nitrogen and oxygen atoms in total. The van der Waals surface area contributed by atoms with Crippen molar-refractivity contribution in [3.05, 3.63) is 60.2 Å². The SMILES string of the molecule is C[C@@H](Sc1nnc(-c2cccc(F)c2)n1N)C(=O)Nc1ccc(F)cc1. The summed E-state index contributed by atoms with van der Waals surface area (Å²) in [6.45, 7) is 1.68. The molecule has 0 aliphatic rings. The summed E-state index contributed by atoms with van der Waals surface area (Å²) in [5.41, 5.74) is 0.966. The first-order valence-corrected chi connectivity index (χ1v) is 8.51. The number of nitrogens with two attached hydrogens (primary N) is 1. The van der Waals surface area contributed by atoms with Crippen molar-refractivity contribution in [2.75, 3.05) is 11.2 Å². The number of amides is 1. The fourth-order valence-corrected chi connectivity index (χ4v) is 2.94. The van der Waals surface area contributed by atoms with E-state index < -0.39 is 11.1 Å². The first-order valence-electron chi connectivity index (χ1n) is 7.63. The van der Waals surface area contributed by atoms with Crippen molar-refractivity contribution in [1.29, 1.82) is 0 Å². The second-order valence-corrected chi connectivity index (χ2v) is 6.75. The zero-order valence-corrected chi connectivity index (χ0v) is 14.5. The summed E-state index contributed by atoms with van der Waals surface area (Å²) < 4.78 is 27.5. The summed E-state index contributed by atoms with van der Waals surface area (Å²) in [4.78, 5) is 12.3. The van der Waals surface area contributed by atoms with Crippen LogP contribution in [-0.2, 0) is 4.79 Å². The smallest absolute Gasteiger partial charge is 0.237 e. The molecule has 1 aromatic heterocycles. The van der Waals surface area contributed by atoms with Crippen LogP contribution in [0.15, 0.2) is 53.7 Å². The molecule has 0 radical (unpaired) electrons. The molecule has 0 saturated carbocycles. The number of benzene rings is 2. The Hall–Kier alpha value is -2.94. The molecule has 0 spiro atoms. The largest absolute Gasteiger partial charge is 0.335 e. The van der Waals surface area contributed by atoms with Gasteiger partial charge in [-0.3, -0.25) is 4.79 Å². The number of rotatable bonds is 5. The standard InChI is InChI=1S/C17H15F2N5OS/c1-10(16(25)21-14-7-5-12(18)6-8-14)26-17-23-22-15(24(17)20)11-3-2-4-13(19)9-11/h2-10H,20H2,1H3,(H,21,25)/t10-/m1/s1. The lowest BCUT2D eigenvalue weighted by atomic mass is 10.2. The van der Waals surface area contributed by atoms with E-state index in [9.17, 15) is 13.6 Å². The molecule has 1 atom stereocenters. The Bertz CT molecular complexity index is 929. The highest BCUT2D eigenvalue weighted by molar-refractivity contribution is 8.00. The number of nitrogen functional groups attached to an aromatic ring is 1. The highest BCUT2D eigenvalue weighted by Gasteiger charge is 2.20. The molecule has 3 rings (SSSR count). The molecule has 0 aliphatic carbocycles. The van der Waals surface area contributed by atoms with Gasteiger partial charge < -0.3 is 11.2 Å². The predicted molar refractivity (Wildman–Crippen MR) is 95.9 cm³/mol. The summed E-state index contributed by atoms with van der Waals surface area (Å²) in [6.07, 6.45) is 0. The number of anilines is 1. The van der Waals surface area contributed by atoms with E-state index in [1.54, 1.807) is 19.1 Å². The van der Waals surface area contributed by atoms with Crippen LogP contribution < -0.4 is 11.2 Å². The number of thioether (sulfide) groups is 1. The van der Waals surface area contributed by atoms with Crippen molar-refractivity contribution in [3.8, 4) is 11.4 Å². The second kappa shape index (κ2) is 7.52. The zero-order chi connectivity index (χ0) is 18.7. The van der Waals surface area contributed by atoms with E-state index >= 15 is 0 Å². The van der Waals surface area contributed by atoms with Crippen LogP contribution in [0.3, 0.4) is 0 Å². The minimum atomic E-state index is -0.535. The van der Waals surface area contributed by atoms with Crippen LogP contribution in [0.1, 0.15) is 6.92 Å². The van der Waals surface area contributed by atoms with E-state index in [0.29, 0.717) is 16.4 Å². The van der Waals surface area contributed by atoms with E-state index in [0.717, 1.165) is 11.8 Å². The van der Waals surface area contributed by atoms with Gasteiger partial charge in [-0.05, 0) is 43.3 Å². The molecule has 0 saturated heterocycles. The lowest BCUT2D eigenvalue weighted by Crippen LogP contribution is -2.23. The van der Waals surface area contributed by atoms with Gasteiger partial charge in [0.1, 0.15) is 11.6 Å². The average Bonchev–Trinajstić information content (AvgIpc) is 2.97. The fraction of sp³-hybridized carbons (Fsp3) is 0.118. The van der Waals surface area contributed by atoms with Crippen molar-refractivity contribution in [1.82, 2.24) is 14.9 Å². The fourth-order valence-electron chi connectivity index (χ4n) is 2.17. The third kappa shape index (κ3) is 3.99. The first-order chi connectivity index (χ1) is 12.4. The maximum Gasteiger partial charge on any atom is 0.237 e. The molecule has 3 N–H and O–H groups in total. The molecule has 0 bridgehead atoms. The van der Waals surface area contributed by atoms with Crippen LogP contribution in [0, 0.1) is 11.6 Å². The molecule has 26 heavy (non-hydrogen) atoms. The minimum Gasteiger partial charge on any atom is -0.335 e. The molecule has 134 valence electrons. The maximum atomic E-state index is 13.4. The predicted octanol–water partition coefficient (Wildman–Crippen LogP) is 3.06. The Morgan fingerprint density at radius 1 is 1.15 bits per heavy atom. The monoisotopic (exact) mass is 375 g/mol.